The number of carboxylic acid groups (broad SMARTS) is 2. The van der Waals surface area contributed by atoms with Crippen molar-refractivity contribution < 1.29 is 24.6 Å². The number of halogens is 1. The molecule has 0 saturated carbocycles. The van der Waals surface area contributed by atoms with Gasteiger partial charge in [0.05, 0.1) is 22.4 Å². The third-order valence-electron chi connectivity index (χ3n) is 3.55. The van der Waals surface area contributed by atoms with Gasteiger partial charge in [0.15, 0.2) is 0 Å². The smallest absolute Gasteiger partial charge is 0.337 e. The average molecular weight is 324 g/mol. The van der Waals surface area contributed by atoms with E-state index in [9.17, 15) is 14.4 Å². The van der Waals surface area contributed by atoms with Crippen molar-refractivity contribution in [2.24, 2.45) is 11.8 Å². The van der Waals surface area contributed by atoms with Crippen LogP contribution in [0.25, 0.3) is 0 Å². The Morgan fingerprint density at radius 1 is 1.09 bits per heavy atom. The molecule has 1 aliphatic carbocycles. The van der Waals surface area contributed by atoms with Gasteiger partial charge in [-0.25, -0.2) is 4.79 Å². The summed E-state index contributed by atoms with van der Waals surface area (Å²) in [5, 5.41) is 20.8. The Labute approximate surface area is 131 Å². The van der Waals surface area contributed by atoms with Gasteiger partial charge >= 0.3 is 11.9 Å². The van der Waals surface area contributed by atoms with E-state index in [1.807, 2.05) is 0 Å². The molecule has 0 spiro atoms. The fourth-order valence-electron chi connectivity index (χ4n) is 2.38. The number of aliphatic carboxylic acids is 1. The zero-order valence-corrected chi connectivity index (χ0v) is 12.2. The number of nitrogens with one attached hydrogen (secondary N) is 1. The van der Waals surface area contributed by atoms with Crippen LogP contribution >= 0.6 is 11.6 Å². The monoisotopic (exact) mass is 323 g/mol. The second-order valence-corrected chi connectivity index (χ2v) is 5.39. The number of carbonyl (C=O) groups is 3. The Balaban J connectivity index is 2.18. The van der Waals surface area contributed by atoms with Crippen LogP contribution in [0.5, 0.6) is 0 Å². The third-order valence-corrected chi connectivity index (χ3v) is 3.88. The topological polar surface area (TPSA) is 104 Å². The molecular formula is C15H14ClNO5. The molecule has 0 unspecified atom stereocenters. The summed E-state index contributed by atoms with van der Waals surface area (Å²) < 4.78 is 0. The normalized spacial score (nSPS) is 20.4. The maximum atomic E-state index is 12.3. The van der Waals surface area contributed by atoms with Gasteiger partial charge in [-0.05, 0) is 31.0 Å². The van der Waals surface area contributed by atoms with Crippen LogP contribution in [-0.2, 0) is 9.59 Å². The molecule has 0 aromatic heterocycles. The summed E-state index contributed by atoms with van der Waals surface area (Å²) in [5.41, 5.74) is 0.142. The van der Waals surface area contributed by atoms with Gasteiger partial charge in [0.25, 0.3) is 0 Å². The van der Waals surface area contributed by atoms with Gasteiger partial charge in [0.1, 0.15) is 0 Å². The molecule has 116 valence electrons. The number of hydrogen-bond donors (Lipinski definition) is 3. The third kappa shape index (κ3) is 3.46. The van der Waals surface area contributed by atoms with Crippen LogP contribution in [0.1, 0.15) is 23.2 Å². The summed E-state index contributed by atoms with van der Waals surface area (Å²) in [6.45, 7) is 0. The number of hydrogen-bond acceptors (Lipinski definition) is 3. The summed E-state index contributed by atoms with van der Waals surface area (Å²) in [6.07, 6.45) is 4.15. The predicted molar refractivity (Wildman–Crippen MR) is 80.0 cm³/mol. The zero-order valence-electron chi connectivity index (χ0n) is 11.5. The van der Waals surface area contributed by atoms with E-state index in [2.05, 4.69) is 5.32 Å². The summed E-state index contributed by atoms with van der Waals surface area (Å²) in [7, 11) is 0. The maximum Gasteiger partial charge on any atom is 0.337 e. The lowest BCUT2D eigenvalue weighted by Gasteiger charge is -2.24. The van der Waals surface area contributed by atoms with Crippen molar-refractivity contribution in [3.05, 3.63) is 40.9 Å². The molecule has 7 heteroatoms. The summed E-state index contributed by atoms with van der Waals surface area (Å²) in [5.74, 6) is -4.14. The first kappa shape index (κ1) is 16.0. The molecule has 6 nitrogen and oxygen atoms in total. The molecule has 1 aromatic rings. The first-order valence-electron chi connectivity index (χ1n) is 6.61. The van der Waals surface area contributed by atoms with Crippen LogP contribution in [-0.4, -0.2) is 28.1 Å². The van der Waals surface area contributed by atoms with Crippen LogP contribution in [0.4, 0.5) is 5.69 Å². The molecule has 0 bridgehead atoms. The lowest BCUT2D eigenvalue weighted by atomic mass is 9.82. The van der Waals surface area contributed by atoms with E-state index in [1.165, 1.54) is 18.2 Å². The standard InChI is InChI=1S/C15H14ClNO5/c16-12-6-5-8(7-11(12)15(21)22)17-13(18)9-3-1-2-4-10(9)14(19)20/h1-2,5-7,9-10H,3-4H2,(H,17,18)(H,19,20)(H,21,22)/t9-,10-/m0/s1. The Morgan fingerprint density at radius 3 is 2.32 bits per heavy atom. The lowest BCUT2D eigenvalue weighted by molar-refractivity contribution is -0.146. The van der Waals surface area contributed by atoms with Gasteiger partial charge in [-0.1, -0.05) is 23.8 Å². The van der Waals surface area contributed by atoms with Crippen LogP contribution in [0, 0.1) is 11.8 Å². The lowest BCUT2D eigenvalue weighted by Crippen LogP contribution is -2.34. The summed E-state index contributed by atoms with van der Waals surface area (Å²) >= 11 is 5.76. The van der Waals surface area contributed by atoms with Crippen molar-refractivity contribution in [2.45, 2.75) is 12.8 Å². The van der Waals surface area contributed by atoms with Gasteiger partial charge in [-0.2, -0.15) is 0 Å². The van der Waals surface area contributed by atoms with E-state index in [1.54, 1.807) is 12.2 Å². The van der Waals surface area contributed by atoms with Crippen molar-refractivity contribution in [3.63, 3.8) is 0 Å². The van der Waals surface area contributed by atoms with E-state index >= 15 is 0 Å². The minimum Gasteiger partial charge on any atom is -0.481 e. The van der Waals surface area contributed by atoms with Gasteiger partial charge < -0.3 is 15.5 Å². The molecule has 3 N–H and O–H groups in total. The number of benzene rings is 1. The first-order chi connectivity index (χ1) is 10.4. The van der Waals surface area contributed by atoms with Crippen molar-refractivity contribution >= 4 is 35.1 Å². The zero-order chi connectivity index (χ0) is 16.3. The van der Waals surface area contributed by atoms with Gasteiger partial charge in [0, 0.05) is 5.69 Å². The van der Waals surface area contributed by atoms with Crippen molar-refractivity contribution in [1.29, 1.82) is 0 Å². The summed E-state index contributed by atoms with van der Waals surface area (Å²) in [6, 6.07) is 4.09. The fraction of sp³-hybridized carbons (Fsp3) is 0.267. The molecule has 0 fully saturated rings. The van der Waals surface area contributed by atoms with Crippen LogP contribution in [0.15, 0.2) is 30.4 Å². The highest BCUT2D eigenvalue weighted by atomic mass is 35.5. The van der Waals surface area contributed by atoms with Crippen LogP contribution in [0.2, 0.25) is 5.02 Å². The molecule has 22 heavy (non-hydrogen) atoms. The van der Waals surface area contributed by atoms with E-state index < -0.39 is 29.7 Å². The van der Waals surface area contributed by atoms with Crippen molar-refractivity contribution in [3.8, 4) is 0 Å². The van der Waals surface area contributed by atoms with E-state index in [4.69, 9.17) is 21.8 Å². The van der Waals surface area contributed by atoms with Crippen molar-refractivity contribution in [2.75, 3.05) is 5.32 Å². The molecule has 2 rings (SSSR count). The molecule has 0 aliphatic heterocycles. The number of carboxylic acids is 2. The van der Waals surface area contributed by atoms with Crippen LogP contribution in [0.3, 0.4) is 0 Å². The SMILES string of the molecule is O=C(O)c1cc(NC(=O)[C@H]2CC=CC[C@@H]2C(=O)O)ccc1Cl. The second-order valence-electron chi connectivity index (χ2n) is 4.98. The number of aromatic carboxylic acids is 1. The Hall–Kier alpha value is -2.34. The molecule has 0 saturated heterocycles. The number of anilines is 1. The minimum atomic E-state index is -1.20. The highest BCUT2D eigenvalue weighted by Crippen LogP contribution is 2.28. The number of rotatable bonds is 4. The molecule has 1 amide bonds. The quantitative estimate of drug-likeness (QED) is 0.739. The summed E-state index contributed by atoms with van der Waals surface area (Å²) in [4.78, 5) is 34.5. The predicted octanol–water partition coefficient (Wildman–Crippen LogP) is 2.64. The average Bonchev–Trinajstić information content (AvgIpc) is 2.48. The van der Waals surface area contributed by atoms with E-state index in [0.717, 1.165) is 0 Å². The van der Waals surface area contributed by atoms with Gasteiger partial charge in [0.2, 0.25) is 5.91 Å². The van der Waals surface area contributed by atoms with Gasteiger partial charge in [-0.3, -0.25) is 9.59 Å². The van der Waals surface area contributed by atoms with E-state index in [-0.39, 0.29) is 16.3 Å². The molecule has 2 atom stereocenters. The largest absolute Gasteiger partial charge is 0.481 e. The van der Waals surface area contributed by atoms with E-state index in [0.29, 0.717) is 12.8 Å². The Bertz CT molecular complexity index is 655. The molecule has 0 heterocycles. The Kier molecular flexibility index (Phi) is 4.82. The Morgan fingerprint density at radius 2 is 1.73 bits per heavy atom. The maximum absolute atomic E-state index is 12.3. The van der Waals surface area contributed by atoms with Gasteiger partial charge in [-0.15, -0.1) is 0 Å². The molecular weight excluding hydrogens is 310 g/mol. The second kappa shape index (κ2) is 6.62. The minimum absolute atomic E-state index is 0.0644. The number of amides is 1. The number of allylic oxidation sites excluding steroid dienone is 2. The molecule has 1 aromatic carbocycles. The molecule has 0 radical (unpaired) electrons. The molecule has 1 aliphatic rings. The van der Waals surface area contributed by atoms with Crippen LogP contribution < -0.4 is 5.32 Å². The highest BCUT2D eigenvalue weighted by Gasteiger charge is 2.34. The number of carbonyl (C=O) groups excluding carboxylic acids is 1. The fourth-order valence-corrected chi connectivity index (χ4v) is 2.58. The first-order valence-corrected chi connectivity index (χ1v) is 6.99. The van der Waals surface area contributed by atoms with Crippen molar-refractivity contribution in [1.82, 2.24) is 0 Å². The highest BCUT2D eigenvalue weighted by molar-refractivity contribution is 6.33.